The normalized spacial score (nSPS) is 13.6. The van der Waals surface area contributed by atoms with Crippen molar-refractivity contribution in [3.63, 3.8) is 0 Å². The highest BCUT2D eigenvalue weighted by Gasteiger charge is 2.27. The third kappa shape index (κ3) is 3.02. The largest absolute Gasteiger partial charge is 0.347 e. The quantitative estimate of drug-likeness (QED) is 0.841. The molecule has 16 heavy (non-hydrogen) atoms. The smallest absolute Gasteiger partial charge is 0.227 e. The molecule has 0 fully saturated rings. The highest BCUT2D eigenvalue weighted by molar-refractivity contribution is 7.09. The van der Waals surface area contributed by atoms with Crippen molar-refractivity contribution in [3.8, 4) is 0 Å². The summed E-state index contributed by atoms with van der Waals surface area (Å²) in [5.41, 5.74) is 6.01. The molecule has 0 aromatic carbocycles. The fourth-order valence-corrected chi connectivity index (χ4v) is 1.92. The summed E-state index contributed by atoms with van der Waals surface area (Å²) in [5.74, 6) is -0.0321. The summed E-state index contributed by atoms with van der Waals surface area (Å²) >= 11 is 1.56. The Balaban J connectivity index is 2.65. The van der Waals surface area contributed by atoms with Gasteiger partial charge in [-0.05, 0) is 27.7 Å². The van der Waals surface area contributed by atoms with Crippen LogP contribution in [0.5, 0.6) is 0 Å². The highest BCUT2D eigenvalue weighted by atomic mass is 32.1. The topological polar surface area (TPSA) is 68.0 Å². The van der Waals surface area contributed by atoms with Crippen molar-refractivity contribution in [1.82, 2.24) is 10.3 Å². The summed E-state index contributed by atoms with van der Waals surface area (Å²) < 4.78 is 0. The van der Waals surface area contributed by atoms with Gasteiger partial charge in [0.05, 0.1) is 11.5 Å². The number of amides is 1. The Hall–Kier alpha value is -0.940. The first kappa shape index (κ1) is 13.1. The molecule has 0 aliphatic rings. The first-order valence-corrected chi connectivity index (χ1v) is 6.18. The number of carbonyl (C=O) groups excluding carboxylic acids is 1. The summed E-state index contributed by atoms with van der Waals surface area (Å²) in [6.07, 6.45) is 0. The van der Waals surface area contributed by atoms with Crippen LogP contribution in [0.4, 0.5) is 0 Å². The monoisotopic (exact) mass is 241 g/mol. The van der Waals surface area contributed by atoms with Gasteiger partial charge in [-0.2, -0.15) is 0 Å². The van der Waals surface area contributed by atoms with Crippen molar-refractivity contribution in [2.24, 2.45) is 11.1 Å². The fraction of sp³-hybridized carbons (Fsp3) is 0.636. The van der Waals surface area contributed by atoms with Crippen molar-refractivity contribution in [2.45, 2.75) is 33.7 Å². The molecule has 1 heterocycles. The number of nitrogens with zero attached hydrogens (tertiary/aromatic N) is 1. The lowest BCUT2D eigenvalue weighted by atomic mass is 9.92. The van der Waals surface area contributed by atoms with E-state index in [2.05, 4.69) is 10.3 Å². The van der Waals surface area contributed by atoms with Crippen LogP contribution in [0.1, 0.15) is 37.5 Å². The van der Waals surface area contributed by atoms with Crippen LogP contribution in [-0.2, 0) is 4.79 Å². The van der Waals surface area contributed by atoms with Crippen LogP contribution >= 0.6 is 11.3 Å². The first-order chi connectivity index (χ1) is 7.36. The average Bonchev–Trinajstić information content (AvgIpc) is 2.64. The molecule has 90 valence electrons. The number of hydrogen-bond donors (Lipinski definition) is 2. The number of carbonyl (C=O) groups is 1. The Morgan fingerprint density at radius 2 is 2.31 bits per heavy atom. The summed E-state index contributed by atoms with van der Waals surface area (Å²) in [5, 5.41) is 5.84. The minimum atomic E-state index is -0.527. The van der Waals surface area contributed by atoms with E-state index in [9.17, 15) is 4.79 Å². The van der Waals surface area contributed by atoms with Crippen LogP contribution in [0.15, 0.2) is 5.38 Å². The predicted octanol–water partition coefficient (Wildman–Crippen LogP) is 1.61. The minimum Gasteiger partial charge on any atom is -0.347 e. The van der Waals surface area contributed by atoms with E-state index in [0.717, 1.165) is 10.7 Å². The average molecular weight is 241 g/mol. The van der Waals surface area contributed by atoms with Gasteiger partial charge >= 0.3 is 0 Å². The number of hydrogen-bond acceptors (Lipinski definition) is 4. The van der Waals surface area contributed by atoms with Crippen LogP contribution < -0.4 is 11.1 Å². The molecule has 0 saturated heterocycles. The summed E-state index contributed by atoms with van der Waals surface area (Å²) in [6.45, 7) is 7.88. The van der Waals surface area contributed by atoms with E-state index in [4.69, 9.17) is 5.73 Å². The first-order valence-electron chi connectivity index (χ1n) is 5.30. The second-order valence-electron chi connectivity index (χ2n) is 4.61. The summed E-state index contributed by atoms with van der Waals surface area (Å²) in [7, 11) is 0. The van der Waals surface area contributed by atoms with Crippen molar-refractivity contribution in [2.75, 3.05) is 6.54 Å². The molecular weight excluding hydrogens is 222 g/mol. The molecule has 3 N–H and O–H groups in total. The van der Waals surface area contributed by atoms with Crippen molar-refractivity contribution in [1.29, 1.82) is 0 Å². The number of thiazole rings is 1. The van der Waals surface area contributed by atoms with E-state index in [1.165, 1.54) is 0 Å². The lowest BCUT2D eigenvalue weighted by Crippen LogP contribution is -2.42. The molecule has 4 nitrogen and oxygen atoms in total. The molecule has 0 bridgehead atoms. The molecule has 0 radical (unpaired) electrons. The van der Waals surface area contributed by atoms with Crippen molar-refractivity contribution in [3.05, 3.63) is 16.1 Å². The molecule has 1 atom stereocenters. The van der Waals surface area contributed by atoms with E-state index < -0.39 is 5.41 Å². The van der Waals surface area contributed by atoms with Crippen LogP contribution in [0, 0.1) is 12.3 Å². The standard InChI is InChI=1S/C11H19N3OS/c1-7-5-16-9(13-7)8(2)14-10(15)11(3,4)6-12/h5,8H,6,12H2,1-4H3,(H,14,15). The van der Waals surface area contributed by atoms with Gasteiger partial charge in [0.2, 0.25) is 5.91 Å². The van der Waals surface area contributed by atoms with E-state index in [-0.39, 0.29) is 11.9 Å². The van der Waals surface area contributed by atoms with E-state index >= 15 is 0 Å². The van der Waals surface area contributed by atoms with Gasteiger partial charge in [-0.25, -0.2) is 4.98 Å². The van der Waals surface area contributed by atoms with Crippen LogP contribution in [0.2, 0.25) is 0 Å². The van der Waals surface area contributed by atoms with Gasteiger partial charge in [0, 0.05) is 17.6 Å². The third-order valence-corrected chi connectivity index (χ3v) is 3.63. The molecule has 1 aromatic rings. The van der Waals surface area contributed by atoms with E-state index in [0.29, 0.717) is 6.54 Å². The molecular formula is C11H19N3OS. The molecule has 0 spiro atoms. The Morgan fingerprint density at radius 1 is 1.69 bits per heavy atom. The molecule has 0 aliphatic heterocycles. The molecule has 1 amide bonds. The zero-order valence-electron chi connectivity index (χ0n) is 10.2. The summed E-state index contributed by atoms with van der Waals surface area (Å²) in [4.78, 5) is 16.2. The number of nitrogens with one attached hydrogen (secondary N) is 1. The van der Waals surface area contributed by atoms with E-state index in [1.807, 2.05) is 33.1 Å². The second kappa shape index (κ2) is 4.93. The van der Waals surface area contributed by atoms with Crippen LogP contribution in [-0.4, -0.2) is 17.4 Å². The minimum absolute atomic E-state index is 0.0321. The lowest BCUT2D eigenvalue weighted by molar-refractivity contribution is -0.129. The zero-order valence-corrected chi connectivity index (χ0v) is 11.0. The second-order valence-corrected chi connectivity index (χ2v) is 5.50. The van der Waals surface area contributed by atoms with Gasteiger partial charge in [0.15, 0.2) is 0 Å². The Labute approximate surface area is 100 Å². The van der Waals surface area contributed by atoms with Crippen molar-refractivity contribution >= 4 is 17.2 Å². The van der Waals surface area contributed by atoms with Gasteiger partial charge in [-0.15, -0.1) is 11.3 Å². The Kier molecular flexibility index (Phi) is 4.04. The van der Waals surface area contributed by atoms with Crippen LogP contribution in [0.3, 0.4) is 0 Å². The van der Waals surface area contributed by atoms with Gasteiger partial charge in [-0.3, -0.25) is 4.79 Å². The maximum atomic E-state index is 11.9. The SMILES string of the molecule is Cc1csc(C(C)NC(=O)C(C)(C)CN)n1. The fourth-order valence-electron chi connectivity index (χ4n) is 1.12. The molecule has 0 aliphatic carbocycles. The Bertz CT molecular complexity index is 373. The predicted molar refractivity (Wildman–Crippen MR) is 66.2 cm³/mol. The number of nitrogens with two attached hydrogens (primary N) is 1. The lowest BCUT2D eigenvalue weighted by Gasteiger charge is -2.23. The zero-order chi connectivity index (χ0) is 12.3. The van der Waals surface area contributed by atoms with Gasteiger partial charge in [0.1, 0.15) is 5.01 Å². The maximum absolute atomic E-state index is 11.9. The third-order valence-electron chi connectivity index (χ3n) is 2.48. The number of aromatic nitrogens is 1. The molecule has 1 unspecified atom stereocenters. The number of rotatable bonds is 4. The summed E-state index contributed by atoms with van der Waals surface area (Å²) in [6, 6.07) is -0.0583. The number of aryl methyl sites for hydroxylation is 1. The molecule has 0 saturated carbocycles. The molecule has 5 heteroatoms. The highest BCUT2D eigenvalue weighted by Crippen LogP contribution is 2.20. The molecule has 1 aromatic heterocycles. The van der Waals surface area contributed by atoms with Crippen LogP contribution in [0.25, 0.3) is 0 Å². The van der Waals surface area contributed by atoms with Gasteiger partial charge in [0.25, 0.3) is 0 Å². The van der Waals surface area contributed by atoms with Gasteiger partial charge in [-0.1, -0.05) is 0 Å². The molecule has 1 rings (SSSR count). The van der Waals surface area contributed by atoms with Crippen molar-refractivity contribution < 1.29 is 4.79 Å². The maximum Gasteiger partial charge on any atom is 0.227 e. The van der Waals surface area contributed by atoms with E-state index in [1.54, 1.807) is 11.3 Å². The van der Waals surface area contributed by atoms with Gasteiger partial charge < -0.3 is 11.1 Å². The Morgan fingerprint density at radius 3 is 2.75 bits per heavy atom.